The first kappa shape index (κ1) is 15.7. The zero-order chi connectivity index (χ0) is 15.5. The van der Waals surface area contributed by atoms with Crippen LogP contribution in [-0.2, 0) is 16.4 Å². The largest absolute Gasteiger partial charge is 0.421 e. The Hall–Kier alpha value is -1.73. The lowest BCUT2D eigenvalue weighted by molar-refractivity contribution is 0.445. The number of aryl methyl sites for hydroxylation is 1. The van der Waals surface area contributed by atoms with E-state index in [1.807, 2.05) is 20.8 Å². The topological polar surface area (TPSA) is 76.3 Å². The van der Waals surface area contributed by atoms with Crippen LogP contribution < -0.4 is 0 Å². The maximum Gasteiger partial charge on any atom is 0.247 e. The zero-order valence-corrected chi connectivity index (χ0v) is 13.2. The summed E-state index contributed by atoms with van der Waals surface area (Å²) in [5, 5.41) is 7.83. The van der Waals surface area contributed by atoms with Crippen LogP contribution in [-0.4, -0.2) is 36.0 Å². The van der Waals surface area contributed by atoms with Crippen molar-refractivity contribution in [1.29, 1.82) is 0 Å². The molecule has 0 aliphatic rings. The van der Waals surface area contributed by atoms with Crippen LogP contribution in [0.3, 0.4) is 0 Å². The summed E-state index contributed by atoms with van der Waals surface area (Å²) >= 11 is 0. The van der Waals surface area contributed by atoms with Crippen molar-refractivity contribution in [3.63, 3.8) is 0 Å². The number of hydrogen-bond donors (Lipinski definition) is 0. The third-order valence-electron chi connectivity index (χ3n) is 3.21. The number of hydrogen-bond acceptors (Lipinski definition) is 5. The van der Waals surface area contributed by atoms with Crippen molar-refractivity contribution in [1.82, 2.24) is 14.5 Å². The minimum Gasteiger partial charge on any atom is -0.421 e. The Labute approximate surface area is 124 Å². The van der Waals surface area contributed by atoms with Gasteiger partial charge in [-0.1, -0.05) is 20.8 Å². The highest BCUT2D eigenvalue weighted by Gasteiger charge is 2.21. The van der Waals surface area contributed by atoms with Crippen LogP contribution in [0.1, 0.15) is 26.7 Å². The molecule has 1 aromatic carbocycles. The molecule has 0 N–H and O–H groups in total. The molecule has 0 saturated heterocycles. The van der Waals surface area contributed by atoms with Gasteiger partial charge >= 0.3 is 0 Å². The van der Waals surface area contributed by atoms with E-state index in [0.717, 1.165) is 0 Å². The molecule has 114 valence electrons. The second-order valence-electron chi connectivity index (χ2n) is 4.47. The molecule has 0 atom stereocenters. The molecular formula is C14H19N3O3S. The maximum absolute atomic E-state index is 12.4. The Balaban J connectivity index is 2.30. The van der Waals surface area contributed by atoms with Crippen LogP contribution in [0.15, 0.2) is 33.6 Å². The minimum atomic E-state index is -3.43. The van der Waals surface area contributed by atoms with Crippen LogP contribution in [0.25, 0.3) is 11.5 Å². The molecule has 21 heavy (non-hydrogen) atoms. The fourth-order valence-electron chi connectivity index (χ4n) is 2.00. The zero-order valence-electron chi connectivity index (χ0n) is 12.4. The van der Waals surface area contributed by atoms with Crippen LogP contribution in [0.2, 0.25) is 0 Å². The second-order valence-corrected chi connectivity index (χ2v) is 6.41. The summed E-state index contributed by atoms with van der Waals surface area (Å²) in [7, 11) is -3.43. The van der Waals surface area contributed by atoms with Gasteiger partial charge in [-0.25, -0.2) is 8.42 Å². The highest BCUT2D eigenvalue weighted by molar-refractivity contribution is 7.89. The Morgan fingerprint density at radius 2 is 1.67 bits per heavy atom. The van der Waals surface area contributed by atoms with E-state index in [1.54, 1.807) is 24.3 Å². The maximum atomic E-state index is 12.4. The fraction of sp³-hybridized carbons (Fsp3) is 0.429. The van der Waals surface area contributed by atoms with E-state index in [-0.39, 0.29) is 4.90 Å². The summed E-state index contributed by atoms with van der Waals surface area (Å²) in [6.07, 6.45) is 0.668. The van der Waals surface area contributed by atoms with Gasteiger partial charge in [0.15, 0.2) is 0 Å². The SMILES string of the molecule is CCc1nnc(-c2ccc(S(=O)(=O)N(CC)CC)cc2)o1. The van der Waals surface area contributed by atoms with Gasteiger partial charge in [0.1, 0.15) is 0 Å². The first-order chi connectivity index (χ1) is 10.0. The molecule has 0 radical (unpaired) electrons. The van der Waals surface area contributed by atoms with Gasteiger partial charge in [-0.3, -0.25) is 0 Å². The van der Waals surface area contributed by atoms with Crippen molar-refractivity contribution in [3.8, 4) is 11.5 Å². The Morgan fingerprint density at radius 3 is 2.14 bits per heavy atom. The highest BCUT2D eigenvalue weighted by Crippen LogP contribution is 2.22. The van der Waals surface area contributed by atoms with Crippen LogP contribution in [0.5, 0.6) is 0 Å². The van der Waals surface area contributed by atoms with Gasteiger partial charge in [-0.05, 0) is 24.3 Å². The lowest BCUT2D eigenvalue weighted by atomic mass is 10.2. The summed E-state index contributed by atoms with van der Waals surface area (Å²) < 4.78 is 31.6. The molecule has 7 heteroatoms. The molecule has 2 rings (SSSR count). The van der Waals surface area contributed by atoms with E-state index in [4.69, 9.17) is 4.42 Å². The van der Waals surface area contributed by atoms with E-state index < -0.39 is 10.0 Å². The van der Waals surface area contributed by atoms with E-state index in [9.17, 15) is 8.42 Å². The Bertz CT molecular complexity index is 689. The van der Waals surface area contributed by atoms with Crippen molar-refractivity contribution < 1.29 is 12.8 Å². The first-order valence-electron chi connectivity index (χ1n) is 6.95. The summed E-state index contributed by atoms with van der Waals surface area (Å²) in [5.41, 5.74) is 0.709. The van der Waals surface area contributed by atoms with Crippen molar-refractivity contribution >= 4 is 10.0 Å². The number of nitrogens with zero attached hydrogens (tertiary/aromatic N) is 3. The van der Waals surface area contributed by atoms with E-state index >= 15 is 0 Å². The van der Waals surface area contributed by atoms with Gasteiger partial charge in [0.05, 0.1) is 4.90 Å². The van der Waals surface area contributed by atoms with Gasteiger partial charge in [0, 0.05) is 25.1 Å². The summed E-state index contributed by atoms with van der Waals surface area (Å²) in [4.78, 5) is 0.269. The third kappa shape index (κ3) is 3.14. The first-order valence-corrected chi connectivity index (χ1v) is 8.39. The quantitative estimate of drug-likeness (QED) is 0.818. The van der Waals surface area contributed by atoms with Crippen LogP contribution in [0.4, 0.5) is 0 Å². The predicted octanol–water partition coefficient (Wildman–Crippen LogP) is 2.33. The Morgan fingerprint density at radius 1 is 1.05 bits per heavy atom. The second kappa shape index (κ2) is 6.36. The smallest absolute Gasteiger partial charge is 0.247 e. The predicted molar refractivity (Wildman–Crippen MR) is 79.2 cm³/mol. The monoisotopic (exact) mass is 309 g/mol. The van der Waals surface area contributed by atoms with E-state index in [1.165, 1.54) is 4.31 Å². The molecule has 0 saturated carbocycles. The summed E-state index contributed by atoms with van der Waals surface area (Å²) in [6.45, 7) is 6.46. The van der Waals surface area contributed by atoms with Crippen LogP contribution >= 0.6 is 0 Å². The fourth-order valence-corrected chi connectivity index (χ4v) is 3.45. The average Bonchev–Trinajstić information content (AvgIpc) is 2.97. The van der Waals surface area contributed by atoms with E-state index in [2.05, 4.69) is 10.2 Å². The lowest BCUT2D eigenvalue weighted by Gasteiger charge is -2.18. The van der Waals surface area contributed by atoms with Crippen molar-refractivity contribution in [2.75, 3.05) is 13.1 Å². The number of benzene rings is 1. The molecule has 0 fully saturated rings. The van der Waals surface area contributed by atoms with Crippen molar-refractivity contribution in [2.24, 2.45) is 0 Å². The molecule has 0 aliphatic heterocycles. The molecule has 0 unspecified atom stereocenters. The average molecular weight is 309 g/mol. The Kier molecular flexibility index (Phi) is 4.74. The normalized spacial score (nSPS) is 12.0. The third-order valence-corrected chi connectivity index (χ3v) is 5.28. The molecule has 6 nitrogen and oxygen atoms in total. The minimum absolute atomic E-state index is 0.269. The molecule has 0 spiro atoms. The summed E-state index contributed by atoms with van der Waals surface area (Å²) in [5.74, 6) is 0.962. The number of aromatic nitrogens is 2. The van der Waals surface area contributed by atoms with Gasteiger partial charge in [0.2, 0.25) is 21.8 Å². The van der Waals surface area contributed by atoms with Crippen molar-refractivity contribution in [3.05, 3.63) is 30.2 Å². The molecule has 2 aromatic rings. The molecule has 1 aromatic heterocycles. The molecule has 1 heterocycles. The van der Waals surface area contributed by atoms with Crippen molar-refractivity contribution in [2.45, 2.75) is 32.1 Å². The van der Waals surface area contributed by atoms with Gasteiger partial charge in [0.25, 0.3) is 0 Å². The standard InChI is InChI=1S/C14H19N3O3S/c1-4-13-15-16-14(20-13)11-7-9-12(10-8-11)21(18,19)17(5-2)6-3/h7-10H,4-6H2,1-3H3. The van der Waals surface area contributed by atoms with E-state index in [0.29, 0.717) is 36.9 Å². The molecular weight excluding hydrogens is 290 g/mol. The molecule has 0 bridgehead atoms. The molecule has 0 amide bonds. The van der Waals surface area contributed by atoms with Gasteiger partial charge < -0.3 is 4.42 Å². The van der Waals surface area contributed by atoms with Gasteiger partial charge in [-0.2, -0.15) is 4.31 Å². The van der Waals surface area contributed by atoms with Gasteiger partial charge in [-0.15, -0.1) is 10.2 Å². The van der Waals surface area contributed by atoms with Crippen LogP contribution in [0, 0.1) is 0 Å². The number of sulfonamides is 1. The lowest BCUT2D eigenvalue weighted by Crippen LogP contribution is -2.30. The number of rotatable bonds is 6. The molecule has 0 aliphatic carbocycles. The highest BCUT2D eigenvalue weighted by atomic mass is 32.2. The summed E-state index contributed by atoms with van der Waals surface area (Å²) in [6, 6.07) is 6.50.